The molecule has 1 N–H and O–H groups in total. The van der Waals surface area contributed by atoms with E-state index in [-0.39, 0.29) is 10.4 Å². The summed E-state index contributed by atoms with van der Waals surface area (Å²) in [6.45, 7) is 0. The Balaban J connectivity index is 2.22. The molecule has 0 aromatic rings. The van der Waals surface area contributed by atoms with Gasteiger partial charge in [0.05, 0.1) is 10.4 Å². The molecular weight excluding hydrogens is 180 g/mol. The van der Waals surface area contributed by atoms with Gasteiger partial charge in [-0.05, 0) is 31.6 Å². The second-order valence-electron chi connectivity index (χ2n) is 3.39. The number of halogens is 1. The van der Waals surface area contributed by atoms with Gasteiger partial charge in [-0.2, -0.15) is 0 Å². The highest BCUT2D eigenvalue weighted by atomic mass is 79.9. The average Bonchev–Trinajstić information content (AvgIpc) is 2.22. The van der Waals surface area contributed by atoms with E-state index in [0.717, 1.165) is 12.3 Å². The first-order valence-corrected chi connectivity index (χ1v) is 4.37. The summed E-state index contributed by atoms with van der Waals surface area (Å²) in [7, 11) is 0. The summed E-state index contributed by atoms with van der Waals surface area (Å²) in [5.41, 5.74) is 0. The molecule has 3 atom stereocenters. The van der Waals surface area contributed by atoms with Crippen molar-refractivity contribution in [1.29, 1.82) is 0 Å². The number of alkyl halides is 1. The first kappa shape index (κ1) is 6.17. The molecule has 3 unspecified atom stereocenters. The number of rotatable bonds is 0. The standard InChI is InChI=1S/C7H11BrO/c8-7-2-1-5(4-7)3-6(7)9/h5-6,9H,1-4H2. The van der Waals surface area contributed by atoms with Crippen molar-refractivity contribution < 1.29 is 5.11 Å². The third-order valence-electron chi connectivity index (χ3n) is 2.75. The number of hydrogen-bond donors (Lipinski definition) is 1. The topological polar surface area (TPSA) is 20.2 Å². The van der Waals surface area contributed by atoms with E-state index in [1.807, 2.05) is 0 Å². The Hall–Kier alpha value is 0.440. The quantitative estimate of drug-likeness (QED) is 0.577. The summed E-state index contributed by atoms with van der Waals surface area (Å²) in [6.07, 6.45) is 4.68. The molecule has 0 radical (unpaired) electrons. The van der Waals surface area contributed by atoms with Gasteiger partial charge in [0, 0.05) is 0 Å². The molecule has 2 aliphatic carbocycles. The predicted octanol–water partition coefficient (Wildman–Crippen LogP) is 1.68. The monoisotopic (exact) mass is 190 g/mol. The maximum absolute atomic E-state index is 9.43. The molecule has 9 heavy (non-hydrogen) atoms. The molecule has 2 aliphatic rings. The first-order valence-electron chi connectivity index (χ1n) is 3.58. The van der Waals surface area contributed by atoms with Crippen molar-refractivity contribution in [1.82, 2.24) is 0 Å². The van der Waals surface area contributed by atoms with Crippen LogP contribution in [0.25, 0.3) is 0 Å². The maximum atomic E-state index is 9.43. The van der Waals surface area contributed by atoms with Crippen LogP contribution in [0, 0.1) is 5.92 Å². The van der Waals surface area contributed by atoms with Gasteiger partial charge in [-0.3, -0.25) is 0 Å². The zero-order valence-corrected chi connectivity index (χ0v) is 6.89. The zero-order valence-electron chi connectivity index (χ0n) is 5.31. The highest BCUT2D eigenvalue weighted by Gasteiger charge is 2.49. The molecule has 0 aromatic carbocycles. The van der Waals surface area contributed by atoms with E-state index in [9.17, 15) is 5.11 Å². The van der Waals surface area contributed by atoms with Crippen LogP contribution in [0.2, 0.25) is 0 Å². The van der Waals surface area contributed by atoms with Gasteiger partial charge in [-0.15, -0.1) is 0 Å². The minimum Gasteiger partial charge on any atom is -0.392 e. The second-order valence-corrected chi connectivity index (χ2v) is 4.97. The molecule has 2 bridgehead atoms. The van der Waals surface area contributed by atoms with E-state index < -0.39 is 0 Å². The SMILES string of the molecule is OC1CC2CCC1(Br)C2. The van der Waals surface area contributed by atoms with Gasteiger partial charge in [0.15, 0.2) is 0 Å². The normalized spacial score (nSPS) is 56.7. The minimum atomic E-state index is -0.0590. The van der Waals surface area contributed by atoms with E-state index in [4.69, 9.17) is 0 Å². The van der Waals surface area contributed by atoms with Gasteiger partial charge in [0.2, 0.25) is 0 Å². The van der Waals surface area contributed by atoms with Crippen molar-refractivity contribution in [2.45, 2.75) is 36.1 Å². The number of fused-ring (bicyclic) bond motifs is 2. The predicted molar refractivity (Wildman–Crippen MR) is 39.6 cm³/mol. The summed E-state index contributed by atoms with van der Waals surface area (Å²) in [6, 6.07) is 0. The van der Waals surface area contributed by atoms with Crippen molar-refractivity contribution in [2.75, 3.05) is 0 Å². The third-order valence-corrected chi connectivity index (χ3v) is 4.00. The van der Waals surface area contributed by atoms with Crippen LogP contribution in [-0.4, -0.2) is 15.5 Å². The number of aliphatic hydroxyl groups is 1. The van der Waals surface area contributed by atoms with Gasteiger partial charge >= 0.3 is 0 Å². The van der Waals surface area contributed by atoms with Gasteiger partial charge in [0.25, 0.3) is 0 Å². The largest absolute Gasteiger partial charge is 0.392 e. The van der Waals surface area contributed by atoms with Crippen LogP contribution in [0.15, 0.2) is 0 Å². The Morgan fingerprint density at radius 3 is 2.56 bits per heavy atom. The molecule has 2 saturated carbocycles. The Labute approximate surface area is 63.6 Å². The lowest BCUT2D eigenvalue weighted by Crippen LogP contribution is -2.29. The average molecular weight is 191 g/mol. The summed E-state index contributed by atoms with van der Waals surface area (Å²) in [5.74, 6) is 0.819. The van der Waals surface area contributed by atoms with Crippen molar-refractivity contribution in [2.24, 2.45) is 5.92 Å². The molecule has 0 saturated heterocycles. The molecule has 2 fully saturated rings. The lowest BCUT2D eigenvalue weighted by molar-refractivity contribution is 0.132. The van der Waals surface area contributed by atoms with E-state index >= 15 is 0 Å². The highest BCUT2D eigenvalue weighted by Crippen LogP contribution is 2.52. The highest BCUT2D eigenvalue weighted by molar-refractivity contribution is 9.10. The molecule has 0 aromatic heterocycles. The Morgan fingerprint density at radius 1 is 1.56 bits per heavy atom. The molecule has 0 heterocycles. The maximum Gasteiger partial charge on any atom is 0.0696 e. The van der Waals surface area contributed by atoms with Crippen LogP contribution < -0.4 is 0 Å². The third kappa shape index (κ3) is 0.761. The molecule has 0 aliphatic heterocycles. The molecule has 2 rings (SSSR count). The van der Waals surface area contributed by atoms with E-state index in [1.165, 1.54) is 19.3 Å². The van der Waals surface area contributed by atoms with Crippen LogP contribution in [0.1, 0.15) is 25.7 Å². The first-order chi connectivity index (χ1) is 4.21. The van der Waals surface area contributed by atoms with Crippen LogP contribution in [0.3, 0.4) is 0 Å². The number of aliphatic hydroxyl groups excluding tert-OH is 1. The van der Waals surface area contributed by atoms with Crippen molar-refractivity contribution in [3.8, 4) is 0 Å². The molecular formula is C7H11BrO. The van der Waals surface area contributed by atoms with Crippen LogP contribution in [0.4, 0.5) is 0 Å². The summed E-state index contributed by atoms with van der Waals surface area (Å²) in [4.78, 5) is 0. The van der Waals surface area contributed by atoms with Crippen molar-refractivity contribution in [3.63, 3.8) is 0 Å². The van der Waals surface area contributed by atoms with Crippen LogP contribution in [0.5, 0.6) is 0 Å². The summed E-state index contributed by atoms with van der Waals surface area (Å²) in [5, 5.41) is 9.43. The van der Waals surface area contributed by atoms with Gasteiger partial charge < -0.3 is 5.11 Å². The van der Waals surface area contributed by atoms with E-state index in [0.29, 0.717) is 0 Å². The Morgan fingerprint density at radius 2 is 2.33 bits per heavy atom. The number of hydrogen-bond acceptors (Lipinski definition) is 1. The van der Waals surface area contributed by atoms with Gasteiger partial charge in [-0.25, -0.2) is 0 Å². The Bertz CT molecular complexity index is 137. The fourth-order valence-electron chi connectivity index (χ4n) is 2.16. The van der Waals surface area contributed by atoms with E-state index in [2.05, 4.69) is 15.9 Å². The molecule has 1 nitrogen and oxygen atoms in total. The lowest BCUT2D eigenvalue weighted by atomic mass is 9.98. The fourth-order valence-corrected chi connectivity index (χ4v) is 3.03. The summed E-state index contributed by atoms with van der Waals surface area (Å²) >= 11 is 3.60. The summed E-state index contributed by atoms with van der Waals surface area (Å²) < 4.78 is 0.137. The van der Waals surface area contributed by atoms with Crippen molar-refractivity contribution >= 4 is 15.9 Å². The van der Waals surface area contributed by atoms with E-state index in [1.54, 1.807) is 0 Å². The zero-order chi connectivity index (χ0) is 6.48. The second kappa shape index (κ2) is 1.73. The molecule has 2 heteroatoms. The molecule has 0 spiro atoms. The lowest BCUT2D eigenvalue weighted by Gasteiger charge is -2.24. The van der Waals surface area contributed by atoms with Crippen LogP contribution >= 0.6 is 15.9 Å². The smallest absolute Gasteiger partial charge is 0.0696 e. The van der Waals surface area contributed by atoms with Crippen LogP contribution in [-0.2, 0) is 0 Å². The fraction of sp³-hybridized carbons (Fsp3) is 1.00. The molecule has 0 amide bonds. The minimum absolute atomic E-state index is 0.0590. The van der Waals surface area contributed by atoms with Crippen molar-refractivity contribution in [3.05, 3.63) is 0 Å². The van der Waals surface area contributed by atoms with Gasteiger partial charge in [-0.1, -0.05) is 15.9 Å². The molecule has 52 valence electrons. The Kier molecular flexibility index (Phi) is 1.18. The van der Waals surface area contributed by atoms with Gasteiger partial charge in [0.1, 0.15) is 0 Å².